The van der Waals surface area contributed by atoms with Crippen LogP contribution < -0.4 is 5.32 Å². The number of anilines is 1. The molecule has 0 aliphatic rings. The molecule has 0 saturated carbocycles. The fourth-order valence-electron chi connectivity index (χ4n) is 2.03. The fourth-order valence-corrected chi connectivity index (χ4v) is 2.31. The van der Waals surface area contributed by atoms with Crippen LogP contribution in [0.25, 0.3) is 0 Å². The highest BCUT2D eigenvalue weighted by Gasteiger charge is 2.17. The second-order valence-electron chi connectivity index (χ2n) is 5.07. The highest BCUT2D eigenvalue weighted by molar-refractivity contribution is 9.10. The lowest BCUT2D eigenvalue weighted by Crippen LogP contribution is -2.25. The summed E-state index contributed by atoms with van der Waals surface area (Å²) in [5.41, 5.74) is 2.34. The van der Waals surface area contributed by atoms with E-state index in [1.807, 2.05) is 20.8 Å². The Hall–Kier alpha value is -1.69. The van der Waals surface area contributed by atoms with Gasteiger partial charge in [0.25, 0.3) is 0 Å². The highest BCUT2D eigenvalue weighted by atomic mass is 79.9. The molecule has 0 aliphatic heterocycles. The van der Waals surface area contributed by atoms with E-state index in [9.17, 15) is 9.18 Å². The second kappa shape index (κ2) is 6.39. The van der Waals surface area contributed by atoms with Gasteiger partial charge in [-0.05, 0) is 48.0 Å². The monoisotopic (exact) mass is 353 g/mol. The summed E-state index contributed by atoms with van der Waals surface area (Å²) in [5, 5.41) is 7.09. The number of benzene rings is 1. The Balaban J connectivity index is 2.04. The Morgan fingerprint density at radius 1 is 1.48 bits per heavy atom. The van der Waals surface area contributed by atoms with Gasteiger partial charge in [0.05, 0.1) is 22.6 Å². The van der Waals surface area contributed by atoms with E-state index in [1.54, 1.807) is 16.8 Å². The standard InChI is InChI=1S/C15H17BrFN3O/c1-9(8-20-11(3)14(16)10(2)19-20)15(21)18-13-6-4-5-12(17)7-13/h4-7,9H,8H2,1-3H3,(H,18,21)/t9-/m0/s1. The average molecular weight is 354 g/mol. The number of amides is 1. The summed E-state index contributed by atoms with van der Waals surface area (Å²) in [6, 6.07) is 5.86. The second-order valence-corrected chi connectivity index (χ2v) is 5.86. The summed E-state index contributed by atoms with van der Waals surface area (Å²) >= 11 is 3.46. The van der Waals surface area contributed by atoms with Crippen molar-refractivity contribution in [3.8, 4) is 0 Å². The molecule has 0 aliphatic carbocycles. The largest absolute Gasteiger partial charge is 0.326 e. The van der Waals surface area contributed by atoms with Gasteiger partial charge in [-0.15, -0.1) is 0 Å². The number of halogens is 2. The molecule has 21 heavy (non-hydrogen) atoms. The van der Waals surface area contributed by atoms with Crippen LogP contribution >= 0.6 is 15.9 Å². The molecule has 6 heteroatoms. The number of aromatic nitrogens is 2. The molecule has 0 bridgehead atoms. The van der Waals surface area contributed by atoms with Gasteiger partial charge in [-0.3, -0.25) is 9.48 Å². The number of hydrogen-bond donors (Lipinski definition) is 1. The van der Waals surface area contributed by atoms with Gasteiger partial charge in [0, 0.05) is 11.4 Å². The van der Waals surface area contributed by atoms with Gasteiger partial charge in [0.1, 0.15) is 5.82 Å². The van der Waals surface area contributed by atoms with Crippen molar-refractivity contribution >= 4 is 27.5 Å². The number of hydrogen-bond acceptors (Lipinski definition) is 2. The Morgan fingerprint density at radius 3 is 2.76 bits per heavy atom. The average Bonchev–Trinajstić information content (AvgIpc) is 2.66. The van der Waals surface area contributed by atoms with E-state index in [1.165, 1.54) is 12.1 Å². The Kier molecular flexibility index (Phi) is 4.77. The van der Waals surface area contributed by atoms with Crippen molar-refractivity contribution in [2.45, 2.75) is 27.3 Å². The van der Waals surface area contributed by atoms with Crippen LogP contribution in [0.3, 0.4) is 0 Å². The summed E-state index contributed by atoms with van der Waals surface area (Å²) in [6.07, 6.45) is 0. The Morgan fingerprint density at radius 2 is 2.19 bits per heavy atom. The molecule has 2 rings (SSSR count). The van der Waals surface area contributed by atoms with Crippen LogP contribution in [0.1, 0.15) is 18.3 Å². The van der Waals surface area contributed by atoms with Crippen molar-refractivity contribution in [2.75, 3.05) is 5.32 Å². The molecule has 1 heterocycles. The minimum atomic E-state index is -0.372. The van der Waals surface area contributed by atoms with E-state index in [4.69, 9.17) is 0 Å². The van der Waals surface area contributed by atoms with Crippen LogP contribution in [0.5, 0.6) is 0 Å². The third-order valence-electron chi connectivity index (χ3n) is 3.28. The fraction of sp³-hybridized carbons (Fsp3) is 0.333. The van der Waals surface area contributed by atoms with Gasteiger partial charge in [0.15, 0.2) is 0 Å². The zero-order valence-electron chi connectivity index (χ0n) is 12.2. The van der Waals surface area contributed by atoms with E-state index in [2.05, 4.69) is 26.3 Å². The first-order valence-electron chi connectivity index (χ1n) is 6.64. The molecule has 0 saturated heterocycles. The van der Waals surface area contributed by atoms with Gasteiger partial charge >= 0.3 is 0 Å². The molecule has 1 amide bonds. The molecule has 0 spiro atoms. The van der Waals surface area contributed by atoms with Gasteiger partial charge in [-0.2, -0.15) is 5.10 Å². The van der Waals surface area contributed by atoms with Crippen LogP contribution in [-0.2, 0) is 11.3 Å². The smallest absolute Gasteiger partial charge is 0.229 e. The van der Waals surface area contributed by atoms with Gasteiger partial charge in [0.2, 0.25) is 5.91 Å². The lowest BCUT2D eigenvalue weighted by molar-refractivity contribution is -0.119. The van der Waals surface area contributed by atoms with E-state index >= 15 is 0 Å². The number of rotatable bonds is 4. The van der Waals surface area contributed by atoms with Crippen molar-refractivity contribution in [2.24, 2.45) is 5.92 Å². The van der Waals surface area contributed by atoms with E-state index in [0.29, 0.717) is 12.2 Å². The molecule has 4 nitrogen and oxygen atoms in total. The first-order chi connectivity index (χ1) is 9.88. The van der Waals surface area contributed by atoms with E-state index in [-0.39, 0.29) is 17.6 Å². The highest BCUT2D eigenvalue weighted by Crippen LogP contribution is 2.21. The van der Waals surface area contributed by atoms with Crippen molar-refractivity contribution < 1.29 is 9.18 Å². The maximum absolute atomic E-state index is 13.1. The third kappa shape index (κ3) is 3.69. The number of carbonyl (C=O) groups excluding carboxylic acids is 1. The summed E-state index contributed by atoms with van der Waals surface area (Å²) in [5.74, 6) is -0.814. The predicted octanol–water partition coefficient (Wildman–Crippen LogP) is 3.68. The Bertz CT molecular complexity index is 669. The first kappa shape index (κ1) is 15.7. The number of nitrogens with one attached hydrogen (secondary N) is 1. The lowest BCUT2D eigenvalue weighted by atomic mass is 10.1. The SMILES string of the molecule is Cc1nn(C[C@H](C)C(=O)Nc2cccc(F)c2)c(C)c1Br. The maximum Gasteiger partial charge on any atom is 0.229 e. The molecule has 0 unspecified atom stereocenters. The molecule has 1 aromatic carbocycles. The van der Waals surface area contributed by atoms with Crippen LogP contribution in [0.4, 0.5) is 10.1 Å². The zero-order valence-corrected chi connectivity index (χ0v) is 13.7. The predicted molar refractivity (Wildman–Crippen MR) is 83.6 cm³/mol. The third-order valence-corrected chi connectivity index (χ3v) is 4.43. The minimum absolute atomic E-state index is 0.163. The quantitative estimate of drug-likeness (QED) is 0.911. The minimum Gasteiger partial charge on any atom is -0.326 e. The Labute approximate surface area is 131 Å². The van der Waals surface area contributed by atoms with E-state index < -0.39 is 0 Å². The summed E-state index contributed by atoms with van der Waals surface area (Å²) in [4.78, 5) is 12.1. The van der Waals surface area contributed by atoms with Gasteiger partial charge in [-0.25, -0.2) is 4.39 Å². The van der Waals surface area contributed by atoms with Crippen LogP contribution in [0.2, 0.25) is 0 Å². The normalized spacial score (nSPS) is 12.2. The molecule has 0 radical (unpaired) electrons. The maximum atomic E-state index is 13.1. The molecule has 1 N–H and O–H groups in total. The molecular formula is C15H17BrFN3O. The first-order valence-corrected chi connectivity index (χ1v) is 7.43. The summed E-state index contributed by atoms with van der Waals surface area (Å²) < 4.78 is 15.9. The summed E-state index contributed by atoms with van der Waals surface area (Å²) in [7, 11) is 0. The van der Waals surface area contributed by atoms with Crippen LogP contribution in [0.15, 0.2) is 28.7 Å². The zero-order chi connectivity index (χ0) is 15.6. The van der Waals surface area contributed by atoms with Crippen molar-refractivity contribution in [3.05, 3.63) is 45.9 Å². The molecule has 0 fully saturated rings. The van der Waals surface area contributed by atoms with Crippen LogP contribution in [-0.4, -0.2) is 15.7 Å². The molecule has 112 valence electrons. The number of nitrogens with zero attached hydrogens (tertiary/aromatic N) is 2. The summed E-state index contributed by atoms with van der Waals surface area (Å²) in [6.45, 7) is 6.14. The van der Waals surface area contributed by atoms with E-state index in [0.717, 1.165) is 15.9 Å². The number of carbonyl (C=O) groups is 1. The molecule has 1 aromatic heterocycles. The molecular weight excluding hydrogens is 337 g/mol. The topological polar surface area (TPSA) is 46.9 Å². The van der Waals surface area contributed by atoms with Crippen molar-refractivity contribution in [1.29, 1.82) is 0 Å². The number of aryl methyl sites for hydroxylation is 1. The molecule has 2 aromatic rings. The van der Waals surface area contributed by atoms with Crippen molar-refractivity contribution in [3.63, 3.8) is 0 Å². The molecule has 1 atom stereocenters. The van der Waals surface area contributed by atoms with Gasteiger partial charge < -0.3 is 5.32 Å². The lowest BCUT2D eigenvalue weighted by Gasteiger charge is -2.13. The van der Waals surface area contributed by atoms with Gasteiger partial charge in [-0.1, -0.05) is 13.0 Å². The van der Waals surface area contributed by atoms with Crippen molar-refractivity contribution in [1.82, 2.24) is 9.78 Å². The van der Waals surface area contributed by atoms with Crippen LogP contribution in [0, 0.1) is 25.6 Å².